The SMILES string of the molecule is COc1cc(C)ccc1Nc1ccc(N=Nc2ccc(C)cc2)cc1. The molecule has 0 aliphatic carbocycles. The molecule has 0 atom stereocenters. The minimum absolute atomic E-state index is 0.807. The first-order valence-electron chi connectivity index (χ1n) is 8.14. The third-order valence-electron chi connectivity index (χ3n) is 3.82. The Balaban J connectivity index is 1.71. The van der Waals surface area contributed by atoms with Crippen LogP contribution in [-0.2, 0) is 0 Å². The fourth-order valence-electron chi connectivity index (χ4n) is 2.40. The molecule has 1 N–H and O–H groups in total. The second-order valence-corrected chi connectivity index (χ2v) is 5.91. The Morgan fingerprint density at radius 2 is 1.28 bits per heavy atom. The molecule has 3 aromatic carbocycles. The molecule has 0 bridgehead atoms. The van der Waals surface area contributed by atoms with Crippen molar-refractivity contribution in [3.05, 3.63) is 77.9 Å². The van der Waals surface area contributed by atoms with E-state index in [0.717, 1.165) is 34.1 Å². The first kappa shape index (κ1) is 16.7. The topological polar surface area (TPSA) is 46.0 Å². The fourth-order valence-corrected chi connectivity index (χ4v) is 2.40. The lowest BCUT2D eigenvalue weighted by Gasteiger charge is -2.12. The molecular formula is C21H21N3O. The van der Waals surface area contributed by atoms with Crippen LogP contribution < -0.4 is 10.1 Å². The Hall–Kier alpha value is -3.14. The average Bonchev–Trinajstić information content (AvgIpc) is 2.64. The van der Waals surface area contributed by atoms with Crippen LogP contribution in [0, 0.1) is 13.8 Å². The zero-order chi connectivity index (χ0) is 17.6. The smallest absolute Gasteiger partial charge is 0.142 e. The molecule has 0 aromatic heterocycles. The van der Waals surface area contributed by atoms with Gasteiger partial charge in [0.25, 0.3) is 0 Å². The standard InChI is InChI=1S/C21H21N3O/c1-15-4-7-18(8-5-15)23-24-19-11-9-17(10-12-19)22-20-13-6-16(2)14-21(20)25-3/h4-14,22H,1-3H3. The van der Waals surface area contributed by atoms with E-state index in [1.54, 1.807) is 7.11 Å². The second-order valence-electron chi connectivity index (χ2n) is 5.91. The number of methoxy groups -OCH3 is 1. The molecule has 0 amide bonds. The van der Waals surface area contributed by atoms with Gasteiger partial charge in [0.2, 0.25) is 0 Å². The summed E-state index contributed by atoms with van der Waals surface area (Å²) in [7, 11) is 1.68. The lowest BCUT2D eigenvalue weighted by Crippen LogP contribution is -1.94. The van der Waals surface area contributed by atoms with Crippen LogP contribution in [0.4, 0.5) is 22.7 Å². The molecule has 0 saturated heterocycles. The van der Waals surface area contributed by atoms with Gasteiger partial charge >= 0.3 is 0 Å². The maximum Gasteiger partial charge on any atom is 0.142 e. The number of azo groups is 1. The van der Waals surface area contributed by atoms with Crippen molar-refractivity contribution in [1.29, 1.82) is 0 Å². The van der Waals surface area contributed by atoms with Crippen molar-refractivity contribution < 1.29 is 4.74 Å². The molecule has 0 aliphatic rings. The third kappa shape index (κ3) is 4.44. The monoisotopic (exact) mass is 331 g/mol. The summed E-state index contributed by atoms with van der Waals surface area (Å²) in [5, 5.41) is 11.9. The summed E-state index contributed by atoms with van der Waals surface area (Å²) < 4.78 is 5.42. The highest BCUT2D eigenvalue weighted by Crippen LogP contribution is 2.29. The van der Waals surface area contributed by atoms with Crippen LogP contribution in [0.25, 0.3) is 0 Å². The van der Waals surface area contributed by atoms with E-state index in [1.165, 1.54) is 5.56 Å². The van der Waals surface area contributed by atoms with E-state index < -0.39 is 0 Å². The van der Waals surface area contributed by atoms with Crippen LogP contribution in [0.5, 0.6) is 5.75 Å². The Bertz CT molecular complexity index is 869. The van der Waals surface area contributed by atoms with Gasteiger partial charge in [-0.15, -0.1) is 0 Å². The van der Waals surface area contributed by atoms with E-state index in [2.05, 4.69) is 28.5 Å². The van der Waals surface area contributed by atoms with E-state index in [4.69, 9.17) is 4.74 Å². The number of hydrogen-bond donors (Lipinski definition) is 1. The molecule has 0 spiro atoms. The number of benzene rings is 3. The van der Waals surface area contributed by atoms with Crippen LogP contribution in [0.3, 0.4) is 0 Å². The van der Waals surface area contributed by atoms with E-state index in [-0.39, 0.29) is 0 Å². The van der Waals surface area contributed by atoms with E-state index in [0.29, 0.717) is 0 Å². The van der Waals surface area contributed by atoms with Crippen molar-refractivity contribution >= 4 is 22.7 Å². The summed E-state index contributed by atoms with van der Waals surface area (Å²) in [6.07, 6.45) is 0. The van der Waals surface area contributed by atoms with Crippen LogP contribution in [0.2, 0.25) is 0 Å². The third-order valence-corrected chi connectivity index (χ3v) is 3.82. The van der Waals surface area contributed by atoms with Gasteiger partial charge in [-0.05, 0) is 67.9 Å². The summed E-state index contributed by atoms with van der Waals surface area (Å²) >= 11 is 0. The van der Waals surface area contributed by atoms with Crippen LogP contribution >= 0.6 is 0 Å². The fraction of sp³-hybridized carbons (Fsp3) is 0.143. The molecule has 126 valence electrons. The molecule has 3 aromatic rings. The normalized spacial score (nSPS) is 10.8. The molecular weight excluding hydrogens is 310 g/mol. The summed E-state index contributed by atoms with van der Waals surface area (Å²) in [5.74, 6) is 0.822. The Labute approximate surface area is 148 Å². The number of hydrogen-bond acceptors (Lipinski definition) is 4. The van der Waals surface area contributed by atoms with Gasteiger partial charge in [0, 0.05) is 5.69 Å². The van der Waals surface area contributed by atoms with Crippen molar-refractivity contribution in [2.24, 2.45) is 10.2 Å². The van der Waals surface area contributed by atoms with Gasteiger partial charge in [-0.2, -0.15) is 10.2 Å². The number of nitrogens with zero attached hydrogens (tertiary/aromatic N) is 2. The predicted octanol–water partition coefficient (Wildman–Crippen LogP) is 6.47. The molecule has 4 nitrogen and oxygen atoms in total. The lowest BCUT2D eigenvalue weighted by molar-refractivity contribution is 0.416. The molecule has 0 radical (unpaired) electrons. The van der Waals surface area contributed by atoms with E-state index >= 15 is 0 Å². The van der Waals surface area contributed by atoms with Gasteiger partial charge in [0.1, 0.15) is 5.75 Å². The van der Waals surface area contributed by atoms with Crippen molar-refractivity contribution in [2.45, 2.75) is 13.8 Å². The Morgan fingerprint density at radius 3 is 1.88 bits per heavy atom. The summed E-state index contributed by atoms with van der Waals surface area (Å²) in [4.78, 5) is 0. The minimum Gasteiger partial charge on any atom is -0.495 e. The van der Waals surface area contributed by atoms with Crippen molar-refractivity contribution in [2.75, 3.05) is 12.4 Å². The van der Waals surface area contributed by atoms with Gasteiger partial charge < -0.3 is 10.1 Å². The van der Waals surface area contributed by atoms with Gasteiger partial charge in [-0.3, -0.25) is 0 Å². The number of rotatable bonds is 5. The van der Waals surface area contributed by atoms with Gasteiger partial charge in [-0.1, -0.05) is 23.8 Å². The molecule has 0 aliphatic heterocycles. The molecule has 0 unspecified atom stereocenters. The van der Waals surface area contributed by atoms with Gasteiger partial charge in [0.05, 0.1) is 24.2 Å². The quantitative estimate of drug-likeness (QED) is 0.544. The van der Waals surface area contributed by atoms with Crippen molar-refractivity contribution in [3.8, 4) is 5.75 Å². The Morgan fingerprint density at radius 1 is 0.720 bits per heavy atom. The number of aryl methyl sites for hydroxylation is 2. The molecule has 0 fully saturated rings. The number of anilines is 2. The highest BCUT2D eigenvalue weighted by Gasteiger charge is 2.03. The molecule has 0 heterocycles. The molecule has 25 heavy (non-hydrogen) atoms. The van der Waals surface area contributed by atoms with E-state index in [1.807, 2.05) is 67.6 Å². The summed E-state index contributed by atoms with van der Waals surface area (Å²) in [6.45, 7) is 4.09. The highest BCUT2D eigenvalue weighted by molar-refractivity contribution is 5.67. The van der Waals surface area contributed by atoms with Crippen molar-refractivity contribution in [1.82, 2.24) is 0 Å². The van der Waals surface area contributed by atoms with Crippen molar-refractivity contribution in [3.63, 3.8) is 0 Å². The highest BCUT2D eigenvalue weighted by atomic mass is 16.5. The zero-order valence-corrected chi connectivity index (χ0v) is 14.7. The van der Waals surface area contributed by atoms with Crippen LogP contribution in [-0.4, -0.2) is 7.11 Å². The number of ether oxygens (including phenoxy) is 1. The van der Waals surface area contributed by atoms with Crippen LogP contribution in [0.15, 0.2) is 77.0 Å². The minimum atomic E-state index is 0.807. The summed E-state index contributed by atoms with van der Waals surface area (Å²) in [5.41, 5.74) is 5.92. The molecule has 4 heteroatoms. The second kappa shape index (κ2) is 7.62. The molecule has 3 rings (SSSR count). The predicted molar refractivity (Wildman–Crippen MR) is 103 cm³/mol. The van der Waals surface area contributed by atoms with Crippen LogP contribution in [0.1, 0.15) is 11.1 Å². The first-order valence-corrected chi connectivity index (χ1v) is 8.14. The molecule has 0 saturated carbocycles. The first-order chi connectivity index (χ1) is 12.1. The Kier molecular flexibility index (Phi) is 5.09. The summed E-state index contributed by atoms with van der Waals surface area (Å²) in [6, 6.07) is 21.8. The van der Waals surface area contributed by atoms with Gasteiger partial charge in [0.15, 0.2) is 0 Å². The maximum atomic E-state index is 5.42. The lowest BCUT2D eigenvalue weighted by atomic mass is 10.2. The largest absolute Gasteiger partial charge is 0.495 e. The average molecular weight is 331 g/mol. The number of nitrogens with one attached hydrogen (secondary N) is 1. The zero-order valence-electron chi connectivity index (χ0n) is 14.7. The van der Waals surface area contributed by atoms with Gasteiger partial charge in [-0.25, -0.2) is 0 Å². The van der Waals surface area contributed by atoms with E-state index in [9.17, 15) is 0 Å². The maximum absolute atomic E-state index is 5.42.